The third-order valence-corrected chi connectivity index (χ3v) is 3.43. The topological polar surface area (TPSA) is 55.6 Å². The van der Waals surface area contributed by atoms with E-state index in [0.29, 0.717) is 24.3 Å². The Balaban J connectivity index is 1.61. The Morgan fingerprint density at radius 2 is 2.05 bits per heavy atom. The van der Waals surface area contributed by atoms with Crippen molar-refractivity contribution in [1.29, 1.82) is 0 Å². The summed E-state index contributed by atoms with van der Waals surface area (Å²) in [6.45, 7) is 0.529. The minimum atomic E-state index is -0.138. The van der Waals surface area contributed by atoms with Gasteiger partial charge in [0, 0.05) is 25.4 Å². The molecule has 112 valence electrons. The van der Waals surface area contributed by atoms with Gasteiger partial charge in [0.05, 0.1) is 18.4 Å². The summed E-state index contributed by atoms with van der Waals surface area (Å²) in [6.07, 6.45) is 4.62. The van der Waals surface area contributed by atoms with Crippen molar-refractivity contribution in [2.45, 2.75) is 6.42 Å². The van der Waals surface area contributed by atoms with Gasteiger partial charge in [-0.25, -0.2) is 4.98 Å². The number of pyridine rings is 1. The second-order valence-electron chi connectivity index (χ2n) is 4.90. The van der Waals surface area contributed by atoms with Gasteiger partial charge in [-0.05, 0) is 24.3 Å². The van der Waals surface area contributed by atoms with E-state index in [4.69, 9.17) is 4.74 Å². The van der Waals surface area contributed by atoms with E-state index in [0.717, 1.165) is 11.3 Å². The number of aromatic nitrogens is 2. The number of hydrogen-bond donors (Lipinski definition) is 1. The minimum absolute atomic E-state index is 0.138. The SMILES string of the molecule is COc1ccccc1C(=O)NCCc1cn2ccccc2n1. The van der Waals surface area contributed by atoms with Gasteiger partial charge < -0.3 is 14.5 Å². The molecule has 0 saturated carbocycles. The molecule has 1 aromatic carbocycles. The monoisotopic (exact) mass is 295 g/mol. The molecule has 3 aromatic rings. The molecule has 0 spiro atoms. The van der Waals surface area contributed by atoms with Crippen LogP contribution in [0.4, 0.5) is 0 Å². The zero-order valence-electron chi connectivity index (χ0n) is 12.3. The summed E-state index contributed by atoms with van der Waals surface area (Å²) in [6, 6.07) is 13.1. The van der Waals surface area contributed by atoms with Crippen molar-refractivity contribution in [3.63, 3.8) is 0 Å². The van der Waals surface area contributed by atoms with E-state index in [1.807, 2.05) is 47.1 Å². The summed E-state index contributed by atoms with van der Waals surface area (Å²) in [7, 11) is 1.56. The average Bonchev–Trinajstić information content (AvgIpc) is 2.97. The van der Waals surface area contributed by atoms with Crippen LogP contribution in [0.1, 0.15) is 16.1 Å². The fourth-order valence-corrected chi connectivity index (χ4v) is 2.34. The predicted molar refractivity (Wildman–Crippen MR) is 84.2 cm³/mol. The van der Waals surface area contributed by atoms with Crippen molar-refractivity contribution in [1.82, 2.24) is 14.7 Å². The molecule has 0 bridgehead atoms. The number of benzene rings is 1. The Kier molecular flexibility index (Phi) is 4.05. The van der Waals surface area contributed by atoms with Crippen LogP contribution in [-0.4, -0.2) is 28.9 Å². The van der Waals surface area contributed by atoms with Gasteiger partial charge in [0.25, 0.3) is 5.91 Å². The molecule has 0 aliphatic carbocycles. The Hall–Kier alpha value is -2.82. The lowest BCUT2D eigenvalue weighted by Gasteiger charge is -2.08. The van der Waals surface area contributed by atoms with E-state index in [1.54, 1.807) is 19.2 Å². The summed E-state index contributed by atoms with van der Waals surface area (Å²) >= 11 is 0. The lowest BCUT2D eigenvalue weighted by molar-refractivity contribution is 0.0951. The van der Waals surface area contributed by atoms with Crippen LogP contribution < -0.4 is 10.1 Å². The van der Waals surface area contributed by atoms with Gasteiger partial charge in [0.15, 0.2) is 0 Å². The lowest BCUT2D eigenvalue weighted by Crippen LogP contribution is -2.26. The molecule has 0 saturated heterocycles. The van der Waals surface area contributed by atoms with Gasteiger partial charge in [0.1, 0.15) is 11.4 Å². The minimum Gasteiger partial charge on any atom is -0.496 e. The number of hydrogen-bond acceptors (Lipinski definition) is 3. The highest BCUT2D eigenvalue weighted by molar-refractivity contribution is 5.96. The van der Waals surface area contributed by atoms with Crippen molar-refractivity contribution in [2.75, 3.05) is 13.7 Å². The smallest absolute Gasteiger partial charge is 0.255 e. The summed E-state index contributed by atoms with van der Waals surface area (Å²) < 4.78 is 7.16. The van der Waals surface area contributed by atoms with Gasteiger partial charge >= 0.3 is 0 Å². The Morgan fingerprint density at radius 3 is 2.86 bits per heavy atom. The molecule has 0 fully saturated rings. The molecule has 1 N–H and O–H groups in total. The number of rotatable bonds is 5. The molecule has 2 heterocycles. The average molecular weight is 295 g/mol. The fraction of sp³-hybridized carbons (Fsp3) is 0.176. The van der Waals surface area contributed by atoms with E-state index in [1.165, 1.54) is 0 Å². The summed E-state index contributed by atoms with van der Waals surface area (Å²) in [5, 5.41) is 2.90. The molecule has 5 nitrogen and oxygen atoms in total. The van der Waals surface area contributed by atoms with Gasteiger partial charge in [-0.2, -0.15) is 0 Å². The van der Waals surface area contributed by atoms with Crippen LogP contribution in [0.3, 0.4) is 0 Å². The molecule has 0 atom stereocenters. The van der Waals surface area contributed by atoms with Crippen LogP contribution in [0, 0.1) is 0 Å². The number of methoxy groups -OCH3 is 1. The molecule has 2 aromatic heterocycles. The van der Waals surface area contributed by atoms with Gasteiger partial charge in [-0.1, -0.05) is 18.2 Å². The van der Waals surface area contributed by atoms with E-state index in [2.05, 4.69) is 10.3 Å². The summed E-state index contributed by atoms with van der Waals surface area (Å²) in [4.78, 5) is 16.7. The maximum Gasteiger partial charge on any atom is 0.255 e. The number of nitrogens with zero attached hydrogens (tertiary/aromatic N) is 2. The number of fused-ring (bicyclic) bond motifs is 1. The number of carbonyl (C=O) groups excluding carboxylic acids is 1. The normalized spacial score (nSPS) is 10.6. The molecule has 0 radical (unpaired) electrons. The zero-order valence-corrected chi connectivity index (χ0v) is 12.3. The quantitative estimate of drug-likeness (QED) is 0.786. The molecule has 0 aliphatic heterocycles. The molecule has 1 amide bonds. The third kappa shape index (κ3) is 2.93. The number of carbonyl (C=O) groups is 1. The Morgan fingerprint density at radius 1 is 1.23 bits per heavy atom. The van der Waals surface area contributed by atoms with Crippen LogP contribution in [0.25, 0.3) is 5.65 Å². The molecular weight excluding hydrogens is 278 g/mol. The first kappa shape index (κ1) is 14.1. The van der Waals surface area contributed by atoms with E-state index < -0.39 is 0 Å². The van der Waals surface area contributed by atoms with Crippen molar-refractivity contribution in [2.24, 2.45) is 0 Å². The number of imidazole rings is 1. The van der Waals surface area contributed by atoms with Gasteiger partial charge in [-0.15, -0.1) is 0 Å². The standard InChI is InChI=1S/C17H17N3O2/c1-22-15-7-3-2-6-14(15)17(21)18-10-9-13-12-20-11-5-4-8-16(20)19-13/h2-8,11-12H,9-10H2,1H3,(H,18,21). The van der Waals surface area contributed by atoms with Crippen LogP contribution in [0.5, 0.6) is 5.75 Å². The first-order chi connectivity index (χ1) is 10.8. The Bertz CT molecular complexity index is 762. The largest absolute Gasteiger partial charge is 0.496 e. The molecule has 0 aliphatic rings. The highest BCUT2D eigenvalue weighted by Gasteiger charge is 2.10. The second kappa shape index (κ2) is 6.30. The van der Waals surface area contributed by atoms with Crippen LogP contribution in [-0.2, 0) is 6.42 Å². The van der Waals surface area contributed by atoms with Crippen LogP contribution in [0.2, 0.25) is 0 Å². The van der Waals surface area contributed by atoms with Gasteiger partial charge in [0.2, 0.25) is 0 Å². The summed E-state index contributed by atoms with van der Waals surface area (Å²) in [5.74, 6) is 0.439. The highest BCUT2D eigenvalue weighted by atomic mass is 16.5. The van der Waals surface area contributed by atoms with Crippen LogP contribution >= 0.6 is 0 Å². The van der Waals surface area contributed by atoms with Crippen molar-refractivity contribution < 1.29 is 9.53 Å². The molecule has 0 unspecified atom stereocenters. The first-order valence-electron chi connectivity index (χ1n) is 7.12. The highest BCUT2D eigenvalue weighted by Crippen LogP contribution is 2.16. The second-order valence-corrected chi connectivity index (χ2v) is 4.90. The molecule has 3 rings (SSSR count). The fourth-order valence-electron chi connectivity index (χ4n) is 2.34. The maximum absolute atomic E-state index is 12.2. The molecular formula is C17H17N3O2. The van der Waals surface area contributed by atoms with Crippen molar-refractivity contribution in [3.8, 4) is 5.75 Å². The molecule has 5 heteroatoms. The molecule has 22 heavy (non-hydrogen) atoms. The number of ether oxygens (including phenoxy) is 1. The Labute approximate surface area is 128 Å². The number of nitrogens with one attached hydrogen (secondary N) is 1. The maximum atomic E-state index is 12.2. The van der Waals surface area contributed by atoms with Gasteiger partial charge in [-0.3, -0.25) is 4.79 Å². The lowest BCUT2D eigenvalue weighted by atomic mass is 10.2. The van der Waals surface area contributed by atoms with Crippen LogP contribution in [0.15, 0.2) is 54.9 Å². The predicted octanol–water partition coefficient (Wildman–Crippen LogP) is 2.32. The van der Waals surface area contributed by atoms with E-state index in [9.17, 15) is 4.79 Å². The number of amides is 1. The first-order valence-corrected chi connectivity index (χ1v) is 7.12. The third-order valence-electron chi connectivity index (χ3n) is 3.43. The zero-order chi connectivity index (χ0) is 15.4. The summed E-state index contributed by atoms with van der Waals surface area (Å²) in [5.41, 5.74) is 2.40. The van der Waals surface area contributed by atoms with E-state index >= 15 is 0 Å². The number of para-hydroxylation sites is 1. The van der Waals surface area contributed by atoms with E-state index in [-0.39, 0.29) is 5.91 Å². The van der Waals surface area contributed by atoms with Crippen molar-refractivity contribution >= 4 is 11.6 Å². The van der Waals surface area contributed by atoms with Crippen molar-refractivity contribution in [3.05, 3.63) is 66.1 Å².